The highest BCUT2D eigenvalue weighted by molar-refractivity contribution is 7.16. The highest BCUT2D eigenvalue weighted by Crippen LogP contribution is 2.28. The summed E-state index contributed by atoms with van der Waals surface area (Å²) in [6.07, 6.45) is 1.45. The summed E-state index contributed by atoms with van der Waals surface area (Å²) in [5.74, 6) is 6.56. The summed E-state index contributed by atoms with van der Waals surface area (Å²) in [5.41, 5.74) is 2.47. The Balaban J connectivity index is 2.09. The molecule has 0 aliphatic heterocycles. The van der Waals surface area contributed by atoms with E-state index in [-0.39, 0.29) is 6.04 Å². The van der Waals surface area contributed by atoms with Crippen LogP contribution in [0.3, 0.4) is 0 Å². The van der Waals surface area contributed by atoms with Gasteiger partial charge in [-0.25, -0.2) is 15.8 Å². The number of nitrogen functional groups attached to an aromatic ring is 1. The minimum Gasteiger partial charge on any atom is -0.363 e. The molecule has 1 atom stereocenters. The number of anilines is 2. The Kier molecular flexibility index (Phi) is 3.78. The van der Waals surface area contributed by atoms with Crippen LogP contribution < -0.4 is 16.6 Å². The van der Waals surface area contributed by atoms with Crippen LogP contribution >= 0.6 is 22.9 Å². The van der Waals surface area contributed by atoms with Crippen LogP contribution in [0.2, 0.25) is 4.34 Å². The third kappa shape index (κ3) is 3.06. The van der Waals surface area contributed by atoms with Crippen molar-refractivity contribution in [1.82, 2.24) is 9.97 Å². The molecule has 4 N–H and O–H groups in total. The van der Waals surface area contributed by atoms with Crippen LogP contribution in [0.5, 0.6) is 0 Å². The van der Waals surface area contributed by atoms with Crippen molar-refractivity contribution in [2.45, 2.75) is 13.0 Å². The Morgan fingerprint density at radius 1 is 1.35 bits per heavy atom. The maximum atomic E-state index is 5.89. The predicted octanol–water partition coefficient (Wildman–Crippen LogP) is 2.65. The van der Waals surface area contributed by atoms with Crippen molar-refractivity contribution in [2.75, 3.05) is 10.7 Å². The number of nitrogens with one attached hydrogen (secondary N) is 2. The Bertz CT molecular complexity index is 501. The molecule has 0 fully saturated rings. The van der Waals surface area contributed by atoms with Crippen LogP contribution in [0.4, 0.5) is 11.6 Å². The molecule has 0 amide bonds. The smallest absolute Gasteiger partial charge is 0.145 e. The van der Waals surface area contributed by atoms with E-state index in [2.05, 4.69) is 20.7 Å². The number of rotatable bonds is 4. The molecule has 0 aliphatic rings. The van der Waals surface area contributed by atoms with Gasteiger partial charge in [-0.1, -0.05) is 11.6 Å². The first kappa shape index (κ1) is 12.1. The summed E-state index contributed by atoms with van der Waals surface area (Å²) < 4.78 is 0.778. The van der Waals surface area contributed by atoms with E-state index in [0.29, 0.717) is 11.6 Å². The molecule has 17 heavy (non-hydrogen) atoms. The Hall–Kier alpha value is -1.37. The molecule has 0 saturated carbocycles. The Labute approximate surface area is 108 Å². The second kappa shape index (κ2) is 5.31. The monoisotopic (exact) mass is 269 g/mol. The first-order valence-corrected chi connectivity index (χ1v) is 6.19. The zero-order chi connectivity index (χ0) is 12.3. The summed E-state index contributed by atoms with van der Waals surface area (Å²) in [7, 11) is 0. The standard InChI is InChI=1S/C10H12ClN5S/c1-6(7-2-3-8(11)17-7)15-9-4-10(16-12)14-5-13-9/h2-6H,12H2,1H3,(H2,13,14,15,16). The van der Waals surface area contributed by atoms with Crippen molar-refractivity contribution in [3.05, 3.63) is 33.7 Å². The van der Waals surface area contributed by atoms with Gasteiger partial charge in [-0.15, -0.1) is 11.3 Å². The van der Waals surface area contributed by atoms with Crippen molar-refractivity contribution < 1.29 is 0 Å². The van der Waals surface area contributed by atoms with Crippen LogP contribution in [0.1, 0.15) is 17.8 Å². The lowest BCUT2D eigenvalue weighted by molar-refractivity contribution is 0.893. The fourth-order valence-electron chi connectivity index (χ4n) is 1.37. The minimum atomic E-state index is 0.132. The predicted molar refractivity (Wildman–Crippen MR) is 71.2 cm³/mol. The number of nitrogens with two attached hydrogens (primary N) is 1. The second-order valence-corrected chi connectivity index (χ2v) is 5.19. The summed E-state index contributed by atoms with van der Waals surface area (Å²) in [6, 6.07) is 5.75. The van der Waals surface area contributed by atoms with Gasteiger partial charge in [0.15, 0.2) is 0 Å². The average Bonchev–Trinajstić information content (AvgIpc) is 2.76. The highest BCUT2D eigenvalue weighted by Gasteiger charge is 2.09. The van der Waals surface area contributed by atoms with Crippen molar-refractivity contribution in [1.29, 1.82) is 0 Å². The minimum absolute atomic E-state index is 0.132. The SMILES string of the molecule is CC(Nc1cc(NN)ncn1)c1ccc(Cl)s1. The van der Waals surface area contributed by atoms with Crippen LogP contribution in [0.15, 0.2) is 24.5 Å². The molecule has 0 aliphatic carbocycles. The number of hydrazine groups is 1. The number of halogens is 1. The fourth-order valence-corrected chi connectivity index (χ4v) is 2.43. The maximum absolute atomic E-state index is 5.89. The van der Waals surface area contributed by atoms with Gasteiger partial charge >= 0.3 is 0 Å². The van der Waals surface area contributed by atoms with E-state index in [9.17, 15) is 0 Å². The van der Waals surface area contributed by atoms with Crippen molar-refractivity contribution in [3.63, 3.8) is 0 Å². The number of aromatic nitrogens is 2. The fraction of sp³-hybridized carbons (Fsp3) is 0.200. The summed E-state index contributed by atoms with van der Waals surface area (Å²) in [4.78, 5) is 9.20. The van der Waals surface area contributed by atoms with Gasteiger partial charge in [0.1, 0.15) is 18.0 Å². The molecule has 2 heterocycles. The van der Waals surface area contributed by atoms with Gasteiger partial charge in [0, 0.05) is 10.9 Å². The molecule has 1 unspecified atom stereocenters. The number of nitrogens with zero attached hydrogens (tertiary/aromatic N) is 2. The largest absolute Gasteiger partial charge is 0.363 e. The average molecular weight is 270 g/mol. The van der Waals surface area contributed by atoms with Gasteiger partial charge in [-0.3, -0.25) is 0 Å². The number of hydrogen-bond acceptors (Lipinski definition) is 6. The molecular formula is C10H12ClN5S. The summed E-state index contributed by atoms with van der Waals surface area (Å²) in [5, 5.41) is 3.25. The second-order valence-electron chi connectivity index (χ2n) is 3.44. The van der Waals surface area contributed by atoms with E-state index in [4.69, 9.17) is 17.4 Å². The zero-order valence-electron chi connectivity index (χ0n) is 9.14. The van der Waals surface area contributed by atoms with E-state index < -0.39 is 0 Å². The normalized spacial score (nSPS) is 12.2. The third-order valence-electron chi connectivity index (χ3n) is 2.20. The van der Waals surface area contributed by atoms with Gasteiger partial charge in [-0.05, 0) is 19.1 Å². The molecule has 0 spiro atoms. The van der Waals surface area contributed by atoms with Crippen molar-refractivity contribution >= 4 is 34.6 Å². The molecular weight excluding hydrogens is 258 g/mol. The number of hydrogen-bond donors (Lipinski definition) is 3. The molecule has 90 valence electrons. The van der Waals surface area contributed by atoms with Crippen LogP contribution in [-0.4, -0.2) is 9.97 Å². The summed E-state index contributed by atoms with van der Waals surface area (Å²) >= 11 is 7.44. The topological polar surface area (TPSA) is 75.9 Å². The molecule has 0 radical (unpaired) electrons. The molecule has 5 nitrogen and oxygen atoms in total. The quantitative estimate of drug-likeness (QED) is 0.588. The van der Waals surface area contributed by atoms with E-state index in [1.807, 2.05) is 19.1 Å². The van der Waals surface area contributed by atoms with Crippen LogP contribution in [-0.2, 0) is 0 Å². The van der Waals surface area contributed by atoms with Crippen molar-refractivity contribution in [2.24, 2.45) is 5.84 Å². The summed E-state index contributed by atoms with van der Waals surface area (Å²) in [6.45, 7) is 2.04. The van der Waals surface area contributed by atoms with E-state index in [1.165, 1.54) is 6.33 Å². The molecule has 2 rings (SSSR count). The van der Waals surface area contributed by atoms with Crippen LogP contribution in [0, 0.1) is 0 Å². The molecule has 0 bridgehead atoms. The van der Waals surface area contributed by atoms with Gasteiger partial charge in [-0.2, -0.15) is 0 Å². The van der Waals surface area contributed by atoms with Crippen LogP contribution in [0.25, 0.3) is 0 Å². The van der Waals surface area contributed by atoms with Gasteiger partial charge < -0.3 is 10.7 Å². The van der Waals surface area contributed by atoms with E-state index in [1.54, 1.807) is 17.4 Å². The lowest BCUT2D eigenvalue weighted by Gasteiger charge is -2.12. The zero-order valence-corrected chi connectivity index (χ0v) is 10.7. The lowest BCUT2D eigenvalue weighted by atomic mass is 10.3. The molecule has 0 aromatic carbocycles. The number of thiophene rings is 1. The van der Waals surface area contributed by atoms with Crippen molar-refractivity contribution in [3.8, 4) is 0 Å². The third-order valence-corrected chi connectivity index (χ3v) is 3.61. The lowest BCUT2D eigenvalue weighted by Crippen LogP contribution is -2.11. The van der Waals surface area contributed by atoms with Gasteiger partial charge in [0.2, 0.25) is 0 Å². The van der Waals surface area contributed by atoms with Gasteiger partial charge in [0.05, 0.1) is 10.4 Å². The molecule has 0 saturated heterocycles. The Morgan fingerprint density at radius 3 is 2.76 bits per heavy atom. The first-order valence-electron chi connectivity index (χ1n) is 4.99. The van der Waals surface area contributed by atoms with E-state index in [0.717, 1.165) is 9.21 Å². The Morgan fingerprint density at radius 2 is 2.12 bits per heavy atom. The van der Waals surface area contributed by atoms with E-state index >= 15 is 0 Å². The molecule has 2 aromatic rings. The van der Waals surface area contributed by atoms with Gasteiger partial charge in [0.25, 0.3) is 0 Å². The maximum Gasteiger partial charge on any atom is 0.145 e. The highest BCUT2D eigenvalue weighted by atomic mass is 35.5. The first-order chi connectivity index (χ1) is 8.19. The molecule has 7 heteroatoms. The molecule has 2 aromatic heterocycles.